The van der Waals surface area contributed by atoms with Gasteiger partial charge in [0.2, 0.25) is 17.7 Å². The van der Waals surface area contributed by atoms with Crippen molar-refractivity contribution in [3.63, 3.8) is 0 Å². The highest BCUT2D eigenvalue weighted by Gasteiger charge is 2.29. The fraction of sp³-hybridized carbons (Fsp3) is 0.417. The number of nitrogens with two attached hydrogens (primary N) is 1. The van der Waals surface area contributed by atoms with Crippen LogP contribution in [0.1, 0.15) is 63.5 Å². The van der Waals surface area contributed by atoms with E-state index < -0.39 is 36.0 Å². The number of carbonyl (C=O) groups is 7. The highest BCUT2D eigenvalue weighted by Crippen LogP contribution is 2.15. The molecule has 2 aromatic rings. The molecule has 3 rings (SSSR count). The Kier molecular flexibility index (Phi) is 16.6. The third-order valence-corrected chi connectivity index (χ3v) is 8.31. The first-order valence-electron chi connectivity index (χ1n) is 17.0. The van der Waals surface area contributed by atoms with Crippen molar-refractivity contribution in [2.75, 3.05) is 23.7 Å². The Morgan fingerprint density at radius 3 is 2.00 bits per heavy atom. The van der Waals surface area contributed by atoms with Crippen LogP contribution in [-0.4, -0.2) is 71.7 Å². The molecule has 1 aliphatic rings. The normalized spacial score (nSPS) is 13.3. The molecule has 0 saturated carbocycles. The first-order chi connectivity index (χ1) is 24.9. The number of primary amides is 1. The van der Waals surface area contributed by atoms with Crippen molar-refractivity contribution in [3.05, 3.63) is 71.8 Å². The number of alkyl halides is 1. The van der Waals surface area contributed by atoms with E-state index in [0.717, 1.165) is 10.5 Å². The molecule has 1 aliphatic heterocycles. The molecule has 2 atom stereocenters. The van der Waals surface area contributed by atoms with E-state index >= 15 is 0 Å². The van der Waals surface area contributed by atoms with E-state index in [9.17, 15) is 33.6 Å². The van der Waals surface area contributed by atoms with E-state index in [4.69, 9.17) is 22.1 Å². The van der Waals surface area contributed by atoms with Crippen LogP contribution in [-0.2, 0) is 41.2 Å². The van der Waals surface area contributed by atoms with Crippen LogP contribution in [0.4, 0.5) is 21.0 Å². The number of hydrogen-bond donors (Lipinski definition) is 6. The highest BCUT2D eigenvalue weighted by atomic mass is 35.5. The summed E-state index contributed by atoms with van der Waals surface area (Å²) in [5.41, 5.74) is 7.72. The lowest BCUT2D eigenvalue weighted by Gasteiger charge is -2.25. The van der Waals surface area contributed by atoms with Crippen LogP contribution in [0.3, 0.4) is 0 Å². The van der Waals surface area contributed by atoms with Crippen molar-refractivity contribution >= 4 is 64.6 Å². The molecule has 0 radical (unpaired) electrons. The van der Waals surface area contributed by atoms with Crippen molar-refractivity contribution in [3.8, 4) is 0 Å². The van der Waals surface area contributed by atoms with Crippen LogP contribution in [0, 0.1) is 5.92 Å². The van der Waals surface area contributed by atoms with Crippen LogP contribution >= 0.6 is 11.6 Å². The molecule has 0 fully saturated rings. The van der Waals surface area contributed by atoms with E-state index in [2.05, 4.69) is 26.6 Å². The SMILES string of the molecule is CC(C)C(NC(=O)CCCCCN1C(=O)C=CC1=O)C(=O)NC(CCCNC(N)=O)C(=O)Nc1ccc(COC(=O)Nc2ccc(CCl)cc2)cc1. The number of unbranched alkanes of at least 4 members (excludes halogenated alkanes) is 2. The number of nitrogens with one attached hydrogen (secondary N) is 5. The fourth-order valence-corrected chi connectivity index (χ4v) is 5.28. The van der Waals surface area contributed by atoms with Crippen molar-refractivity contribution in [1.29, 1.82) is 0 Å². The Morgan fingerprint density at radius 1 is 0.788 bits per heavy atom. The smallest absolute Gasteiger partial charge is 0.411 e. The predicted octanol–water partition coefficient (Wildman–Crippen LogP) is 3.67. The van der Waals surface area contributed by atoms with Gasteiger partial charge in [-0.3, -0.25) is 34.2 Å². The Hall–Kier alpha value is -5.44. The monoisotopic (exact) mass is 739 g/mol. The number of amides is 8. The third-order valence-electron chi connectivity index (χ3n) is 8.00. The molecule has 0 saturated heterocycles. The molecule has 7 N–H and O–H groups in total. The predicted molar refractivity (Wildman–Crippen MR) is 195 cm³/mol. The van der Waals surface area contributed by atoms with Crippen molar-refractivity contribution in [2.24, 2.45) is 11.7 Å². The van der Waals surface area contributed by atoms with Crippen LogP contribution in [0.2, 0.25) is 0 Å². The topological polar surface area (TPSA) is 218 Å². The lowest BCUT2D eigenvalue weighted by atomic mass is 10.0. The molecule has 15 nitrogen and oxygen atoms in total. The summed E-state index contributed by atoms with van der Waals surface area (Å²) < 4.78 is 5.29. The lowest BCUT2D eigenvalue weighted by molar-refractivity contribution is -0.137. The summed E-state index contributed by atoms with van der Waals surface area (Å²) in [5, 5.41) is 13.4. The molecule has 8 amide bonds. The number of benzene rings is 2. The van der Waals surface area contributed by atoms with Gasteiger partial charge in [-0.2, -0.15) is 0 Å². The van der Waals surface area contributed by atoms with Crippen LogP contribution in [0.15, 0.2) is 60.7 Å². The summed E-state index contributed by atoms with van der Waals surface area (Å²) in [4.78, 5) is 87.4. The van der Waals surface area contributed by atoms with Gasteiger partial charge in [0.25, 0.3) is 11.8 Å². The van der Waals surface area contributed by atoms with Gasteiger partial charge in [-0.05, 0) is 67.0 Å². The number of anilines is 2. The summed E-state index contributed by atoms with van der Waals surface area (Å²) >= 11 is 5.79. The first kappa shape index (κ1) is 41.0. The average molecular weight is 740 g/mol. The van der Waals surface area contributed by atoms with Crippen molar-refractivity contribution in [2.45, 2.75) is 76.9 Å². The minimum absolute atomic E-state index is 0.0218. The number of ether oxygens (including phenoxy) is 1. The minimum atomic E-state index is -1.02. The van der Waals surface area contributed by atoms with E-state index in [1.165, 1.54) is 12.2 Å². The summed E-state index contributed by atoms with van der Waals surface area (Å²) in [6.45, 7) is 3.96. The van der Waals surface area contributed by atoms with Gasteiger partial charge in [0, 0.05) is 48.9 Å². The zero-order valence-corrected chi connectivity index (χ0v) is 30.0. The standard InChI is InChI=1S/C36H46ClN7O8/c1-23(2)32(43-29(45)8-4-3-5-20-44-30(46)17-18-31(44)47)34(49)42-28(7-6-19-39-35(38)50)33(48)40-26-15-11-25(12-16-26)22-52-36(51)41-27-13-9-24(21-37)10-14-27/h9-18,23,28,32H,3-8,19-22H2,1-2H3,(H,40,48)(H,41,51)(H,42,49)(H,43,45)(H3,38,39,50). The number of urea groups is 1. The molecule has 16 heteroatoms. The summed E-state index contributed by atoms with van der Waals surface area (Å²) in [6, 6.07) is 11.0. The zero-order valence-electron chi connectivity index (χ0n) is 29.2. The van der Waals surface area contributed by atoms with E-state index in [1.807, 2.05) is 0 Å². The van der Waals surface area contributed by atoms with E-state index in [-0.39, 0.29) is 56.2 Å². The minimum Gasteiger partial charge on any atom is -0.444 e. The molecule has 2 aromatic carbocycles. The molecule has 1 heterocycles. The molecule has 0 bridgehead atoms. The maximum absolute atomic E-state index is 13.4. The molecule has 2 unspecified atom stereocenters. The number of nitrogens with zero attached hydrogens (tertiary/aromatic N) is 1. The molecule has 0 aliphatic carbocycles. The maximum Gasteiger partial charge on any atom is 0.411 e. The highest BCUT2D eigenvalue weighted by molar-refractivity contribution is 6.17. The summed E-state index contributed by atoms with van der Waals surface area (Å²) in [6.07, 6.45) is 4.05. The van der Waals surface area contributed by atoms with Gasteiger partial charge < -0.3 is 31.7 Å². The second kappa shape index (κ2) is 21.0. The number of imide groups is 1. The van der Waals surface area contributed by atoms with E-state index in [1.54, 1.807) is 62.4 Å². The number of hydrogen-bond acceptors (Lipinski definition) is 8. The second-order valence-corrected chi connectivity index (χ2v) is 12.7. The lowest BCUT2D eigenvalue weighted by Crippen LogP contribution is -2.54. The van der Waals surface area contributed by atoms with Gasteiger partial charge >= 0.3 is 12.1 Å². The third kappa shape index (κ3) is 14.1. The molecular formula is C36H46ClN7O8. The van der Waals surface area contributed by atoms with Crippen molar-refractivity contribution in [1.82, 2.24) is 20.9 Å². The maximum atomic E-state index is 13.4. The Labute approximate surface area is 307 Å². The van der Waals surface area contributed by atoms with Crippen LogP contribution in [0.5, 0.6) is 0 Å². The Bertz CT molecular complexity index is 1580. The molecule has 52 heavy (non-hydrogen) atoms. The molecule has 0 spiro atoms. The average Bonchev–Trinajstić information content (AvgIpc) is 3.43. The quantitative estimate of drug-likeness (QED) is 0.0667. The van der Waals surface area contributed by atoms with Crippen molar-refractivity contribution < 1.29 is 38.3 Å². The van der Waals surface area contributed by atoms with Gasteiger partial charge in [-0.15, -0.1) is 11.6 Å². The first-order valence-corrected chi connectivity index (χ1v) is 17.5. The molecule has 0 aromatic heterocycles. The number of carbonyl (C=O) groups excluding carboxylic acids is 7. The second-order valence-electron chi connectivity index (χ2n) is 12.5. The Morgan fingerprint density at radius 2 is 1.40 bits per heavy atom. The van der Waals surface area contributed by atoms with E-state index in [0.29, 0.717) is 48.5 Å². The van der Waals surface area contributed by atoms with Gasteiger partial charge in [-0.25, -0.2) is 9.59 Å². The van der Waals surface area contributed by atoms with Gasteiger partial charge in [0.1, 0.15) is 18.7 Å². The summed E-state index contributed by atoms with van der Waals surface area (Å²) in [5.74, 6) is -2.06. The number of rotatable bonds is 20. The largest absolute Gasteiger partial charge is 0.444 e. The fourth-order valence-electron chi connectivity index (χ4n) is 5.11. The van der Waals surface area contributed by atoms with Gasteiger partial charge in [0.15, 0.2) is 0 Å². The Balaban J connectivity index is 1.51. The van der Waals surface area contributed by atoms with Crippen LogP contribution in [0.25, 0.3) is 0 Å². The molecular weight excluding hydrogens is 694 g/mol. The van der Waals surface area contributed by atoms with Gasteiger partial charge in [-0.1, -0.05) is 44.5 Å². The number of halogens is 1. The van der Waals surface area contributed by atoms with Crippen LogP contribution < -0.4 is 32.3 Å². The molecule has 280 valence electrons. The summed E-state index contributed by atoms with van der Waals surface area (Å²) in [7, 11) is 0. The zero-order chi connectivity index (χ0) is 38.0. The van der Waals surface area contributed by atoms with Gasteiger partial charge in [0.05, 0.1) is 0 Å².